The summed E-state index contributed by atoms with van der Waals surface area (Å²) in [6, 6.07) is 16.8. The highest BCUT2D eigenvalue weighted by Gasteiger charge is 2.62. The van der Waals surface area contributed by atoms with Gasteiger partial charge >= 0.3 is 0 Å². The van der Waals surface area contributed by atoms with Crippen molar-refractivity contribution in [3.05, 3.63) is 65.2 Å². The number of carbonyl (C=O) groups excluding carboxylic acids is 1. The van der Waals surface area contributed by atoms with Crippen LogP contribution in [0.25, 0.3) is 0 Å². The van der Waals surface area contributed by atoms with E-state index < -0.39 is 0 Å². The number of nitrogens with zero attached hydrogens (tertiary/aromatic N) is 1. The molecule has 0 unspecified atom stereocenters. The van der Waals surface area contributed by atoms with E-state index in [1.165, 1.54) is 11.1 Å². The second kappa shape index (κ2) is 7.37. The molecule has 1 saturated carbocycles. The average molecular weight is 419 g/mol. The van der Waals surface area contributed by atoms with Gasteiger partial charge in [-0.15, -0.1) is 0 Å². The molecule has 164 valence electrons. The maximum Gasteiger partial charge on any atom is 0.230 e. The fraction of sp³-hybridized carbons (Fsp3) is 0.519. The van der Waals surface area contributed by atoms with Crippen molar-refractivity contribution in [3.8, 4) is 5.75 Å². The number of phenolic OH excluding ortho intramolecular Hbond substituents is 1. The summed E-state index contributed by atoms with van der Waals surface area (Å²) in [7, 11) is 0. The molecule has 2 aromatic carbocycles. The maximum atomic E-state index is 13.2. The summed E-state index contributed by atoms with van der Waals surface area (Å²) in [5.74, 6) is 1.44. The molecule has 2 aliphatic carbocycles. The highest BCUT2D eigenvalue weighted by molar-refractivity contribution is 5.92. The number of rotatable bonds is 5. The van der Waals surface area contributed by atoms with Crippen LogP contribution < -0.4 is 5.32 Å². The molecule has 5 atom stereocenters. The quantitative estimate of drug-likeness (QED) is 0.771. The highest BCUT2D eigenvalue weighted by Crippen LogP contribution is 2.56. The van der Waals surface area contributed by atoms with Gasteiger partial charge in [-0.1, -0.05) is 50.2 Å². The number of aromatic hydroxyl groups is 1. The van der Waals surface area contributed by atoms with E-state index in [4.69, 9.17) is 0 Å². The summed E-state index contributed by atoms with van der Waals surface area (Å²) in [6.45, 7) is 9.45. The first-order valence-electron chi connectivity index (χ1n) is 11.8. The molecule has 0 spiro atoms. The SMILES string of the molecule is CCNC(=O)[C@@]1(c2ccccc2)C[C@H]1CN1CC[C@@]2(C)c3cc(O)ccc3C[C@@H]1[C@@H]2C. The smallest absolute Gasteiger partial charge is 0.230 e. The van der Waals surface area contributed by atoms with Crippen molar-refractivity contribution in [3.63, 3.8) is 0 Å². The van der Waals surface area contributed by atoms with Crippen LogP contribution >= 0.6 is 0 Å². The second-order valence-electron chi connectivity index (χ2n) is 10.2. The predicted octanol–water partition coefficient (Wildman–Crippen LogP) is 4.01. The third-order valence-electron chi connectivity index (χ3n) is 8.70. The summed E-state index contributed by atoms with van der Waals surface area (Å²) in [6.07, 6.45) is 3.05. The molecule has 1 saturated heterocycles. The van der Waals surface area contributed by atoms with Gasteiger partial charge in [0.1, 0.15) is 5.75 Å². The number of hydrogen-bond acceptors (Lipinski definition) is 3. The van der Waals surface area contributed by atoms with Gasteiger partial charge in [-0.3, -0.25) is 9.69 Å². The number of fused-ring (bicyclic) bond motifs is 4. The minimum absolute atomic E-state index is 0.104. The maximum absolute atomic E-state index is 13.2. The average Bonchev–Trinajstić information content (AvgIpc) is 3.49. The Bertz CT molecular complexity index is 990. The van der Waals surface area contributed by atoms with Gasteiger partial charge in [0.05, 0.1) is 5.41 Å². The molecule has 4 nitrogen and oxygen atoms in total. The number of likely N-dealkylation sites (N-methyl/N-ethyl adjacent to an activating group) is 1. The van der Waals surface area contributed by atoms with E-state index in [-0.39, 0.29) is 16.7 Å². The second-order valence-corrected chi connectivity index (χ2v) is 10.2. The van der Waals surface area contributed by atoms with Crippen molar-refractivity contribution in [2.75, 3.05) is 19.6 Å². The van der Waals surface area contributed by atoms with E-state index in [0.29, 0.717) is 30.2 Å². The van der Waals surface area contributed by atoms with Crippen molar-refractivity contribution >= 4 is 5.91 Å². The summed E-state index contributed by atoms with van der Waals surface area (Å²) in [5, 5.41) is 13.2. The first kappa shape index (κ1) is 20.6. The zero-order valence-electron chi connectivity index (χ0n) is 18.9. The molecule has 3 aliphatic rings. The zero-order chi connectivity index (χ0) is 21.8. The minimum atomic E-state index is -0.375. The lowest BCUT2D eigenvalue weighted by molar-refractivity contribution is -0.124. The molecule has 2 bridgehead atoms. The van der Waals surface area contributed by atoms with Crippen LogP contribution in [-0.4, -0.2) is 41.6 Å². The van der Waals surface area contributed by atoms with E-state index in [1.807, 2.05) is 37.3 Å². The van der Waals surface area contributed by atoms with Crippen molar-refractivity contribution in [2.45, 2.75) is 56.9 Å². The van der Waals surface area contributed by atoms with Crippen molar-refractivity contribution in [1.82, 2.24) is 10.2 Å². The molecule has 0 radical (unpaired) electrons. The van der Waals surface area contributed by atoms with E-state index in [2.05, 4.69) is 42.3 Å². The number of benzene rings is 2. The Balaban J connectivity index is 1.40. The number of phenols is 1. The molecule has 31 heavy (non-hydrogen) atoms. The summed E-state index contributed by atoms with van der Waals surface area (Å²) in [5.41, 5.74) is 3.60. The van der Waals surface area contributed by atoms with E-state index in [0.717, 1.165) is 37.9 Å². The molecule has 4 heteroatoms. The van der Waals surface area contributed by atoms with Gasteiger partial charge in [0.15, 0.2) is 0 Å². The Labute approximate surface area is 185 Å². The lowest BCUT2D eigenvalue weighted by Gasteiger charge is -2.55. The van der Waals surface area contributed by atoms with E-state index in [9.17, 15) is 9.90 Å². The molecule has 1 amide bonds. The number of amides is 1. The number of carbonyl (C=O) groups is 1. The normalized spacial score (nSPS) is 34.1. The number of likely N-dealkylation sites (tertiary alicyclic amines) is 1. The van der Waals surface area contributed by atoms with Gasteiger partial charge in [0.2, 0.25) is 5.91 Å². The van der Waals surface area contributed by atoms with Crippen LogP contribution in [0.2, 0.25) is 0 Å². The molecular formula is C27H34N2O2. The van der Waals surface area contributed by atoms with Crippen LogP contribution in [0.1, 0.15) is 50.3 Å². The Morgan fingerprint density at radius 2 is 2.00 bits per heavy atom. The number of hydrogen-bond donors (Lipinski definition) is 2. The van der Waals surface area contributed by atoms with Crippen LogP contribution in [0.4, 0.5) is 0 Å². The fourth-order valence-electron chi connectivity index (χ4n) is 6.57. The van der Waals surface area contributed by atoms with E-state index in [1.54, 1.807) is 0 Å². The largest absolute Gasteiger partial charge is 0.508 e. The topological polar surface area (TPSA) is 52.6 Å². The van der Waals surface area contributed by atoms with Crippen LogP contribution in [0, 0.1) is 11.8 Å². The van der Waals surface area contributed by atoms with Crippen molar-refractivity contribution < 1.29 is 9.90 Å². The third kappa shape index (κ3) is 3.10. The molecule has 0 aromatic heterocycles. The Morgan fingerprint density at radius 1 is 1.23 bits per heavy atom. The monoisotopic (exact) mass is 418 g/mol. The highest BCUT2D eigenvalue weighted by atomic mass is 16.3. The van der Waals surface area contributed by atoms with Crippen LogP contribution in [-0.2, 0) is 22.0 Å². The summed E-state index contributed by atoms with van der Waals surface area (Å²) in [4.78, 5) is 15.8. The van der Waals surface area contributed by atoms with E-state index >= 15 is 0 Å². The lowest BCUT2D eigenvalue weighted by Crippen LogP contribution is -2.58. The van der Waals surface area contributed by atoms with Crippen molar-refractivity contribution in [2.24, 2.45) is 11.8 Å². The Kier molecular flexibility index (Phi) is 4.89. The molecule has 1 heterocycles. The first-order valence-corrected chi connectivity index (χ1v) is 11.8. The molecular weight excluding hydrogens is 384 g/mol. The minimum Gasteiger partial charge on any atom is -0.508 e. The van der Waals surface area contributed by atoms with Gasteiger partial charge in [-0.25, -0.2) is 0 Å². The first-order chi connectivity index (χ1) is 14.9. The standard InChI is InChI=1S/C27H34N2O2/c1-4-28-25(31)27(20-8-6-5-7-9-20)16-21(27)17-29-13-12-26(3)18(2)24(29)14-19-10-11-22(30)15-23(19)26/h5-11,15,18,21,24,30H,4,12-14,16-17H2,1-3H3,(H,28,31)/t18-,21-,24+,26+,27+/m0/s1. The van der Waals surface area contributed by atoms with Gasteiger partial charge in [0.25, 0.3) is 0 Å². The third-order valence-corrected chi connectivity index (χ3v) is 8.70. The van der Waals surface area contributed by atoms with Crippen LogP contribution in [0.15, 0.2) is 48.5 Å². The molecule has 2 aromatic rings. The number of piperidine rings is 1. The van der Waals surface area contributed by atoms with Gasteiger partial charge < -0.3 is 10.4 Å². The Morgan fingerprint density at radius 3 is 2.74 bits per heavy atom. The summed E-state index contributed by atoms with van der Waals surface area (Å²) < 4.78 is 0. The Hall–Kier alpha value is -2.33. The van der Waals surface area contributed by atoms with Crippen molar-refractivity contribution in [1.29, 1.82) is 0 Å². The van der Waals surface area contributed by atoms with Gasteiger partial charge in [-0.2, -0.15) is 0 Å². The molecule has 5 rings (SSSR count). The van der Waals surface area contributed by atoms with Crippen LogP contribution in [0.5, 0.6) is 5.75 Å². The number of nitrogens with one attached hydrogen (secondary N) is 1. The fourth-order valence-corrected chi connectivity index (χ4v) is 6.57. The lowest BCUT2D eigenvalue weighted by atomic mass is 9.59. The zero-order valence-corrected chi connectivity index (χ0v) is 18.9. The molecule has 2 N–H and O–H groups in total. The van der Waals surface area contributed by atoms with Gasteiger partial charge in [0, 0.05) is 19.1 Å². The summed E-state index contributed by atoms with van der Waals surface area (Å²) >= 11 is 0. The van der Waals surface area contributed by atoms with Gasteiger partial charge in [-0.05, 0) is 78.8 Å². The van der Waals surface area contributed by atoms with Crippen LogP contribution in [0.3, 0.4) is 0 Å². The molecule has 1 aliphatic heterocycles. The predicted molar refractivity (Wildman–Crippen MR) is 123 cm³/mol. The molecule has 2 fully saturated rings.